The van der Waals surface area contributed by atoms with Crippen LogP contribution in [0.4, 0.5) is 0 Å². The Balaban J connectivity index is 2.41. The number of hydrogen-bond donors (Lipinski definition) is 1. The van der Waals surface area contributed by atoms with Gasteiger partial charge in [0.05, 0.1) is 7.11 Å². The second-order valence-corrected chi connectivity index (χ2v) is 11.3. The normalized spacial score (nSPS) is 11.1. The molecule has 4 heteroatoms. The maximum atomic E-state index is 11.9. The Morgan fingerprint density at radius 3 is 2.67 bits per heavy atom. The molecular formula is C14H23NO2Si. The molecule has 1 rings (SSSR count). The van der Waals surface area contributed by atoms with Crippen molar-refractivity contribution in [2.24, 2.45) is 0 Å². The summed E-state index contributed by atoms with van der Waals surface area (Å²) < 4.78 is 5.10. The highest BCUT2D eigenvalue weighted by Gasteiger charge is 2.12. The van der Waals surface area contributed by atoms with Crippen molar-refractivity contribution in [1.82, 2.24) is 5.32 Å². The molecule has 0 unspecified atom stereocenters. The van der Waals surface area contributed by atoms with Gasteiger partial charge in [0.25, 0.3) is 5.91 Å². The molecule has 0 atom stereocenters. The van der Waals surface area contributed by atoms with Crippen LogP contribution in [0.15, 0.2) is 24.3 Å². The van der Waals surface area contributed by atoms with Crippen LogP contribution in [0.3, 0.4) is 0 Å². The van der Waals surface area contributed by atoms with Crippen LogP contribution in [-0.2, 0) is 0 Å². The second kappa shape index (κ2) is 6.59. The van der Waals surface area contributed by atoms with Gasteiger partial charge in [-0.15, -0.1) is 0 Å². The van der Waals surface area contributed by atoms with Crippen LogP contribution < -0.4 is 10.1 Å². The fourth-order valence-corrected chi connectivity index (χ4v) is 2.92. The van der Waals surface area contributed by atoms with E-state index in [2.05, 4.69) is 25.0 Å². The summed E-state index contributed by atoms with van der Waals surface area (Å²) in [6.07, 6.45) is 1.06. The van der Waals surface area contributed by atoms with Crippen molar-refractivity contribution in [3.63, 3.8) is 0 Å². The third kappa shape index (κ3) is 5.36. The van der Waals surface area contributed by atoms with Gasteiger partial charge in [-0.1, -0.05) is 31.8 Å². The van der Waals surface area contributed by atoms with Gasteiger partial charge in [0.15, 0.2) is 0 Å². The first-order valence-corrected chi connectivity index (χ1v) is 10.1. The van der Waals surface area contributed by atoms with Crippen molar-refractivity contribution < 1.29 is 9.53 Å². The molecule has 1 aromatic rings. The lowest BCUT2D eigenvalue weighted by molar-refractivity contribution is 0.0953. The summed E-state index contributed by atoms with van der Waals surface area (Å²) in [5, 5.41) is 2.95. The summed E-state index contributed by atoms with van der Waals surface area (Å²) in [7, 11) is 0.608. The number of ether oxygens (including phenoxy) is 1. The molecule has 0 heterocycles. The lowest BCUT2D eigenvalue weighted by atomic mass is 10.2. The van der Waals surface area contributed by atoms with Crippen LogP contribution in [0.2, 0.25) is 25.7 Å². The summed E-state index contributed by atoms with van der Waals surface area (Å²) in [4.78, 5) is 11.9. The Morgan fingerprint density at radius 1 is 1.33 bits per heavy atom. The molecule has 0 fully saturated rings. The SMILES string of the molecule is COc1cccc(C(=O)NCCC[Si](C)(C)C)c1. The van der Waals surface area contributed by atoms with E-state index in [4.69, 9.17) is 4.74 Å². The molecule has 1 aromatic carbocycles. The topological polar surface area (TPSA) is 38.3 Å². The van der Waals surface area contributed by atoms with Gasteiger partial charge in [-0.05, 0) is 24.6 Å². The predicted octanol–water partition coefficient (Wildman–Crippen LogP) is 3.15. The fraction of sp³-hybridized carbons (Fsp3) is 0.500. The fourth-order valence-electron chi connectivity index (χ4n) is 1.69. The number of carbonyl (C=O) groups is 1. The highest BCUT2D eigenvalue weighted by molar-refractivity contribution is 6.76. The van der Waals surface area contributed by atoms with Crippen LogP contribution in [0.25, 0.3) is 0 Å². The van der Waals surface area contributed by atoms with Crippen LogP contribution in [-0.4, -0.2) is 27.6 Å². The molecule has 18 heavy (non-hydrogen) atoms. The van der Waals surface area contributed by atoms with E-state index in [1.165, 1.54) is 6.04 Å². The molecular weight excluding hydrogens is 242 g/mol. The second-order valence-electron chi connectivity index (χ2n) is 5.65. The number of methoxy groups -OCH3 is 1. The zero-order valence-electron chi connectivity index (χ0n) is 11.7. The molecule has 0 aliphatic heterocycles. The summed E-state index contributed by atoms with van der Waals surface area (Å²) in [6.45, 7) is 7.78. The van der Waals surface area contributed by atoms with Gasteiger partial charge in [-0.25, -0.2) is 0 Å². The number of carbonyl (C=O) groups excluding carboxylic acids is 1. The van der Waals surface area contributed by atoms with Crippen LogP contribution >= 0.6 is 0 Å². The first kappa shape index (κ1) is 14.8. The Hall–Kier alpha value is -1.29. The van der Waals surface area contributed by atoms with Crippen molar-refractivity contribution in [2.75, 3.05) is 13.7 Å². The van der Waals surface area contributed by atoms with Crippen LogP contribution in [0, 0.1) is 0 Å². The smallest absolute Gasteiger partial charge is 0.251 e. The van der Waals surface area contributed by atoms with E-state index in [0.29, 0.717) is 11.3 Å². The van der Waals surface area contributed by atoms with Gasteiger partial charge >= 0.3 is 0 Å². The number of amides is 1. The van der Waals surface area contributed by atoms with E-state index >= 15 is 0 Å². The largest absolute Gasteiger partial charge is 0.497 e. The minimum absolute atomic E-state index is 0.0236. The van der Waals surface area contributed by atoms with E-state index in [9.17, 15) is 4.79 Å². The molecule has 0 aliphatic rings. The molecule has 0 spiro atoms. The zero-order valence-corrected chi connectivity index (χ0v) is 12.7. The van der Waals surface area contributed by atoms with Gasteiger partial charge in [0, 0.05) is 20.2 Å². The van der Waals surface area contributed by atoms with Crippen molar-refractivity contribution in [2.45, 2.75) is 32.1 Å². The van der Waals surface area contributed by atoms with Crippen LogP contribution in [0.5, 0.6) is 5.75 Å². The lowest BCUT2D eigenvalue weighted by Gasteiger charge is -2.15. The molecule has 0 saturated heterocycles. The van der Waals surface area contributed by atoms with Crippen molar-refractivity contribution in [3.8, 4) is 5.75 Å². The van der Waals surface area contributed by atoms with E-state index in [1.807, 2.05) is 12.1 Å². The lowest BCUT2D eigenvalue weighted by Crippen LogP contribution is -2.27. The minimum Gasteiger partial charge on any atom is -0.497 e. The Bertz CT molecular complexity index is 399. The quantitative estimate of drug-likeness (QED) is 0.634. The Labute approximate surface area is 111 Å². The van der Waals surface area contributed by atoms with E-state index < -0.39 is 8.07 Å². The van der Waals surface area contributed by atoms with Gasteiger partial charge in [-0.2, -0.15) is 0 Å². The number of nitrogens with one attached hydrogen (secondary N) is 1. The predicted molar refractivity (Wildman–Crippen MR) is 78.1 cm³/mol. The molecule has 0 aromatic heterocycles. The van der Waals surface area contributed by atoms with Gasteiger partial charge in [-0.3, -0.25) is 4.79 Å². The van der Waals surface area contributed by atoms with E-state index in [-0.39, 0.29) is 5.91 Å². The standard InChI is InChI=1S/C14H23NO2Si/c1-17-13-8-5-7-12(11-13)14(16)15-9-6-10-18(2,3)4/h5,7-8,11H,6,9-10H2,1-4H3,(H,15,16). The van der Waals surface area contributed by atoms with Crippen molar-refractivity contribution in [1.29, 1.82) is 0 Å². The molecule has 0 radical (unpaired) electrons. The summed E-state index contributed by atoms with van der Waals surface area (Å²) in [5.41, 5.74) is 0.655. The Kier molecular flexibility index (Phi) is 5.41. The number of rotatable bonds is 6. The third-order valence-electron chi connectivity index (χ3n) is 2.72. The number of hydrogen-bond acceptors (Lipinski definition) is 2. The molecule has 100 valence electrons. The minimum atomic E-state index is -0.995. The molecule has 1 N–H and O–H groups in total. The zero-order chi connectivity index (χ0) is 13.6. The Morgan fingerprint density at radius 2 is 2.06 bits per heavy atom. The summed E-state index contributed by atoms with van der Waals surface area (Å²) in [6, 6.07) is 8.47. The maximum Gasteiger partial charge on any atom is 0.251 e. The maximum absolute atomic E-state index is 11.9. The average Bonchev–Trinajstić information content (AvgIpc) is 2.33. The first-order chi connectivity index (χ1) is 8.42. The van der Waals surface area contributed by atoms with Crippen LogP contribution in [0.1, 0.15) is 16.8 Å². The molecule has 1 amide bonds. The first-order valence-electron chi connectivity index (χ1n) is 6.34. The third-order valence-corrected chi connectivity index (χ3v) is 4.57. The molecule has 0 saturated carbocycles. The molecule has 0 bridgehead atoms. The average molecular weight is 265 g/mol. The summed E-state index contributed by atoms with van der Waals surface area (Å²) in [5.74, 6) is 0.689. The van der Waals surface area contributed by atoms with Crippen molar-refractivity contribution >= 4 is 14.0 Å². The van der Waals surface area contributed by atoms with Gasteiger partial charge in [0.1, 0.15) is 5.75 Å². The van der Waals surface area contributed by atoms with Crippen molar-refractivity contribution in [3.05, 3.63) is 29.8 Å². The molecule has 3 nitrogen and oxygen atoms in total. The molecule has 0 aliphatic carbocycles. The van der Waals surface area contributed by atoms with Gasteiger partial charge < -0.3 is 10.1 Å². The summed E-state index contributed by atoms with van der Waals surface area (Å²) >= 11 is 0. The number of benzene rings is 1. The van der Waals surface area contributed by atoms with E-state index in [0.717, 1.165) is 13.0 Å². The van der Waals surface area contributed by atoms with E-state index in [1.54, 1.807) is 19.2 Å². The highest BCUT2D eigenvalue weighted by Crippen LogP contribution is 2.13. The highest BCUT2D eigenvalue weighted by atomic mass is 28.3. The van der Waals surface area contributed by atoms with Gasteiger partial charge in [0.2, 0.25) is 0 Å². The monoisotopic (exact) mass is 265 g/mol.